The maximum Gasteiger partial charge on any atom is 0.296 e. The van der Waals surface area contributed by atoms with Crippen molar-refractivity contribution in [3.8, 4) is 11.4 Å². The molecule has 45 heavy (non-hydrogen) atoms. The van der Waals surface area contributed by atoms with Crippen molar-refractivity contribution in [1.29, 1.82) is 0 Å². The van der Waals surface area contributed by atoms with Crippen molar-refractivity contribution >= 4 is 65.7 Å². The summed E-state index contributed by atoms with van der Waals surface area (Å²) in [6, 6.07) is 38.3. The number of benzene rings is 6. The highest BCUT2D eigenvalue weighted by Gasteiger charge is 2.27. The Morgan fingerprint density at radius 1 is 0.733 bits per heavy atom. The van der Waals surface area contributed by atoms with Crippen molar-refractivity contribution in [3.63, 3.8) is 0 Å². The third-order valence-electron chi connectivity index (χ3n) is 7.83. The molecule has 1 heterocycles. The van der Waals surface area contributed by atoms with Gasteiger partial charge in [0.1, 0.15) is 21.7 Å². The number of anilines is 4. The Hall–Kier alpha value is -5.51. The van der Waals surface area contributed by atoms with Gasteiger partial charge in [-0.3, -0.25) is 4.55 Å². The molecule has 6 aromatic carbocycles. The molecular weight excluding hydrogens is 584 g/mol. The van der Waals surface area contributed by atoms with Crippen LogP contribution in [0.5, 0.6) is 5.75 Å². The number of aromatic nitrogens is 2. The molecule has 222 valence electrons. The molecule has 0 aliphatic rings. The summed E-state index contributed by atoms with van der Waals surface area (Å²) in [5, 5.41) is 8.70. The molecule has 0 saturated heterocycles. The van der Waals surface area contributed by atoms with E-state index in [0.717, 1.165) is 38.9 Å². The first-order chi connectivity index (χ1) is 21.8. The zero-order valence-corrected chi connectivity index (χ0v) is 25.3. The number of aryl methyl sites for hydroxylation is 1. The fourth-order valence-corrected chi connectivity index (χ4v) is 6.49. The van der Waals surface area contributed by atoms with E-state index in [1.807, 2.05) is 84.9 Å². The minimum atomic E-state index is -4.65. The van der Waals surface area contributed by atoms with Gasteiger partial charge in [0.15, 0.2) is 0 Å². The molecule has 0 aliphatic carbocycles. The molecule has 0 unspecified atom stereocenters. The minimum absolute atomic E-state index is 0.180. The summed E-state index contributed by atoms with van der Waals surface area (Å²) in [7, 11) is -3.11. The van der Waals surface area contributed by atoms with Gasteiger partial charge in [0, 0.05) is 40.7 Å². The van der Waals surface area contributed by atoms with E-state index >= 15 is 0 Å². The lowest BCUT2D eigenvalue weighted by Crippen LogP contribution is -2.33. The number of nitrogens with one attached hydrogen (secondary N) is 2. The van der Waals surface area contributed by atoms with Gasteiger partial charge in [0.2, 0.25) is 16.7 Å². The van der Waals surface area contributed by atoms with E-state index in [2.05, 4.69) is 34.3 Å². The van der Waals surface area contributed by atoms with E-state index in [1.54, 1.807) is 18.2 Å². The molecular formula is C36H29N4O4S+. The highest BCUT2D eigenvalue weighted by molar-refractivity contribution is 7.86. The molecule has 3 N–H and O–H groups in total. The van der Waals surface area contributed by atoms with Gasteiger partial charge in [0.05, 0.1) is 24.2 Å². The molecule has 0 amide bonds. The molecule has 7 rings (SSSR count). The van der Waals surface area contributed by atoms with Gasteiger partial charge in [0.25, 0.3) is 10.1 Å². The molecule has 0 atom stereocenters. The van der Waals surface area contributed by atoms with E-state index in [0.29, 0.717) is 28.0 Å². The quantitative estimate of drug-likeness (QED) is 0.0727. The van der Waals surface area contributed by atoms with Crippen LogP contribution in [0.4, 0.5) is 22.7 Å². The molecule has 0 radical (unpaired) electrons. The van der Waals surface area contributed by atoms with Crippen LogP contribution in [0, 0.1) is 6.92 Å². The zero-order valence-electron chi connectivity index (χ0n) is 24.5. The van der Waals surface area contributed by atoms with Crippen LogP contribution in [-0.4, -0.2) is 25.1 Å². The number of fused-ring (bicyclic) bond motifs is 4. The van der Waals surface area contributed by atoms with Crippen LogP contribution >= 0.6 is 0 Å². The third-order valence-corrected chi connectivity index (χ3v) is 8.73. The van der Waals surface area contributed by atoms with E-state index < -0.39 is 10.1 Å². The molecule has 9 heteroatoms. The van der Waals surface area contributed by atoms with Crippen LogP contribution in [0.2, 0.25) is 0 Å². The SMILES string of the molecule is COc1ccccc1Nc1cc2c(cc1S(=O)(=O)O)nc1c3cccc(C)c3c(Nc3ccccc3)cc1[n+]2-c1ccccc1. The third kappa shape index (κ3) is 5.18. The second-order valence-electron chi connectivity index (χ2n) is 10.7. The summed E-state index contributed by atoms with van der Waals surface area (Å²) in [6.07, 6.45) is 0. The van der Waals surface area contributed by atoms with E-state index in [1.165, 1.54) is 13.2 Å². The van der Waals surface area contributed by atoms with Crippen molar-refractivity contribution in [1.82, 2.24) is 4.98 Å². The molecule has 7 aromatic rings. The number of hydrogen-bond donors (Lipinski definition) is 3. The molecule has 8 nitrogen and oxygen atoms in total. The Morgan fingerprint density at radius 3 is 2.16 bits per heavy atom. The number of rotatable bonds is 7. The normalized spacial score (nSPS) is 11.6. The maximum absolute atomic E-state index is 12.8. The minimum Gasteiger partial charge on any atom is -0.495 e. The molecule has 1 aromatic heterocycles. The molecule has 0 bridgehead atoms. The monoisotopic (exact) mass is 613 g/mol. The summed E-state index contributed by atoms with van der Waals surface area (Å²) in [5.74, 6) is 0.518. The van der Waals surface area contributed by atoms with Crippen LogP contribution in [0.25, 0.3) is 38.5 Å². The summed E-state index contributed by atoms with van der Waals surface area (Å²) in [5.41, 5.74) is 7.04. The van der Waals surface area contributed by atoms with Crippen LogP contribution in [-0.2, 0) is 10.1 Å². The second kappa shape index (κ2) is 11.2. The summed E-state index contributed by atoms with van der Waals surface area (Å²) in [6.45, 7) is 2.06. The fourth-order valence-electron chi connectivity index (χ4n) is 5.84. The van der Waals surface area contributed by atoms with Crippen LogP contribution in [0.1, 0.15) is 5.56 Å². The van der Waals surface area contributed by atoms with Gasteiger partial charge in [-0.2, -0.15) is 8.42 Å². The van der Waals surface area contributed by atoms with Gasteiger partial charge >= 0.3 is 0 Å². The average molecular weight is 614 g/mol. The van der Waals surface area contributed by atoms with Crippen molar-refractivity contribution in [2.45, 2.75) is 11.8 Å². The molecule has 0 aliphatic heterocycles. The van der Waals surface area contributed by atoms with Crippen molar-refractivity contribution in [3.05, 3.63) is 127 Å². The first-order valence-corrected chi connectivity index (χ1v) is 15.8. The maximum atomic E-state index is 12.8. The summed E-state index contributed by atoms with van der Waals surface area (Å²) >= 11 is 0. The standard InChI is InChI=1S/C36H28N4O4S/c1-23-12-11-17-26-35(23)30(37-24-13-5-3-6-14-24)21-32-36(26)39-28-22-34(45(41,42)43)29(38-27-18-9-10-19-33(27)44-2)20-31(28)40(32)25-15-7-4-8-16-25/h3-22H,1-2H3,(H2,37,38,41,42,43)/p+1. The number of nitrogens with zero attached hydrogens (tertiary/aromatic N) is 2. The lowest BCUT2D eigenvalue weighted by Gasteiger charge is -2.16. The predicted molar refractivity (Wildman–Crippen MR) is 179 cm³/mol. The Kier molecular flexibility index (Phi) is 7.04. The van der Waals surface area contributed by atoms with Crippen LogP contribution in [0.15, 0.2) is 126 Å². The van der Waals surface area contributed by atoms with E-state index in [4.69, 9.17) is 9.72 Å². The van der Waals surface area contributed by atoms with Gasteiger partial charge in [-0.05, 0) is 42.8 Å². The Bertz CT molecular complexity index is 2350. The predicted octanol–water partition coefficient (Wildman–Crippen LogP) is 7.87. The Morgan fingerprint density at radius 2 is 1.42 bits per heavy atom. The van der Waals surface area contributed by atoms with Crippen molar-refractivity contribution in [2.75, 3.05) is 17.7 Å². The first kappa shape index (κ1) is 28.3. The van der Waals surface area contributed by atoms with Crippen LogP contribution < -0.4 is 19.9 Å². The largest absolute Gasteiger partial charge is 0.495 e. The number of para-hydroxylation sites is 4. The highest BCUT2D eigenvalue weighted by Crippen LogP contribution is 2.37. The van der Waals surface area contributed by atoms with Crippen LogP contribution in [0.3, 0.4) is 0 Å². The Labute approximate surface area is 260 Å². The summed E-state index contributed by atoms with van der Waals surface area (Å²) in [4.78, 5) is 4.76. The average Bonchev–Trinajstić information content (AvgIpc) is 3.04. The molecule has 0 spiro atoms. The topological polar surface area (TPSA) is 104 Å². The summed E-state index contributed by atoms with van der Waals surface area (Å²) < 4.78 is 43.5. The fraction of sp³-hybridized carbons (Fsp3) is 0.0556. The number of hydrogen-bond acceptors (Lipinski definition) is 6. The van der Waals surface area contributed by atoms with Crippen molar-refractivity contribution in [2.24, 2.45) is 0 Å². The first-order valence-electron chi connectivity index (χ1n) is 14.3. The van der Waals surface area contributed by atoms with E-state index in [9.17, 15) is 13.0 Å². The lowest BCUT2D eigenvalue weighted by molar-refractivity contribution is -0.538. The molecule has 0 saturated carbocycles. The van der Waals surface area contributed by atoms with Gasteiger partial charge < -0.3 is 15.4 Å². The number of ether oxygens (including phenoxy) is 1. The highest BCUT2D eigenvalue weighted by atomic mass is 32.2. The molecule has 0 fully saturated rings. The Balaban J connectivity index is 1.61. The van der Waals surface area contributed by atoms with E-state index in [-0.39, 0.29) is 10.6 Å². The van der Waals surface area contributed by atoms with Gasteiger partial charge in [-0.1, -0.05) is 66.7 Å². The van der Waals surface area contributed by atoms with Crippen molar-refractivity contribution < 1.29 is 22.3 Å². The van der Waals surface area contributed by atoms with Gasteiger partial charge in [-0.15, -0.1) is 4.57 Å². The van der Waals surface area contributed by atoms with Gasteiger partial charge in [-0.25, -0.2) is 4.98 Å². The zero-order chi connectivity index (χ0) is 31.1. The lowest BCUT2D eigenvalue weighted by atomic mass is 10.0. The second-order valence-corrected chi connectivity index (χ2v) is 12.1. The smallest absolute Gasteiger partial charge is 0.296 e. The number of methoxy groups -OCH3 is 1.